The van der Waals surface area contributed by atoms with Gasteiger partial charge in [-0.15, -0.1) is 11.3 Å². The van der Waals surface area contributed by atoms with Crippen LogP contribution in [0.3, 0.4) is 0 Å². The summed E-state index contributed by atoms with van der Waals surface area (Å²) >= 11 is 1.59. The van der Waals surface area contributed by atoms with E-state index in [9.17, 15) is 8.42 Å². The van der Waals surface area contributed by atoms with Gasteiger partial charge in [0, 0.05) is 16.3 Å². The molecule has 1 aromatic carbocycles. The van der Waals surface area contributed by atoms with Gasteiger partial charge in [-0.25, -0.2) is 13.1 Å². The first-order valence-electron chi connectivity index (χ1n) is 5.73. The molecule has 2 rings (SSSR count). The Bertz CT molecular complexity index is 653. The number of hydrogen-bond donors (Lipinski definition) is 2. The molecule has 1 heterocycles. The van der Waals surface area contributed by atoms with E-state index in [0.29, 0.717) is 0 Å². The lowest BCUT2D eigenvalue weighted by atomic mass is 10.3. The van der Waals surface area contributed by atoms with Gasteiger partial charge >= 0.3 is 0 Å². The predicted molar refractivity (Wildman–Crippen MR) is 75.9 cm³/mol. The van der Waals surface area contributed by atoms with Crippen LogP contribution < -0.4 is 4.72 Å². The maximum atomic E-state index is 12.0. The van der Waals surface area contributed by atoms with Crippen molar-refractivity contribution in [1.29, 1.82) is 0 Å². The smallest absolute Gasteiger partial charge is 0.240 e. The fourth-order valence-corrected chi connectivity index (χ4v) is 3.70. The van der Waals surface area contributed by atoms with Crippen LogP contribution in [0.2, 0.25) is 0 Å². The van der Waals surface area contributed by atoms with Crippen LogP contribution >= 0.6 is 11.3 Å². The van der Waals surface area contributed by atoms with Crippen LogP contribution in [0.25, 0.3) is 0 Å². The molecule has 6 heteroatoms. The summed E-state index contributed by atoms with van der Waals surface area (Å²) in [6.07, 6.45) is 0. The van der Waals surface area contributed by atoms with Gasteiger partial charge in [0.15, 0.2) is 0 Å². The van der Waals surface area contributed by atoms with Crippen molar-refractivity contribution in [2.75, 3.05) is 0 Å². The van der Waals surface area contributed by atoms with Crippen LogP contribution in [0.1, 0.15) is 15.3 Å². The van der Waals surface area contributed by atoms with Crippen molar-refractivity contribution >= 4 is 21.4 Å². The largest absolute Gasteiger partial charge is 0.508 e. The molecule has 0 fully saturated rings. The van der Waals surface area contributed by atoms with Gasteiger partial charge in [0.25, 0.3) is 0 Å². The summed E-state index contributed by atoms with van der Waals surface area (Å²) in [5, 5.41) is 9.15. The number of sulfonamides is 1. The number of aryl methyl sites for hydroxylation is 2. The molecule has 0 saturated carbocycles. The van der Waals surface area contributed by atoms with Gasteiger partial charge in [0.2, 0.25) is 10.0 Å². The van der Waals surface area contributed by atoms with E-state index in [0.717, 1.165) is 4.88 Å². The minimum Gasteiger partial charge on any atom is -0.508 e. The minimum atomic E-state index is -3.53. The van der Waals surface area contributed by atoms with Crippen molar-refractivity contribution in [3.05, 3.63) is 45.6 Å². The summed E-state index contributed by atoms with van der Waals surface area (Å²) in [6, 6.07) is 7.45. The number of hydrogen-bond acceptors (Lipinski definition) is 4. The average molecular weight is 297 g/mol. The van der Waals surface area contributed by atoms with Gasteiger partial charge in [-0.1, -0.05) is 0 Å². The molecule has 19 heavy (non-hydrogen) atoms. The summed E-state index contributed by atoms with van der Waals surface area (Å²) in [7, 11) is -3.53. The molecule has 0 unspecified atom stereocenters. The van der Waals surface area contributed by atoms with Crippen molar-refractivity contribution in [3.63, 3.8) is 0 Å². The highest BCUT2D eigenvalue weighted by Gasteiger charge is 2.14. The summed E-state index contributed by atoms with van der Waals surface area (Å²) in [4.78, 5) is 2.33. The molecular weight excluding hydrogens is 282 g/mol. The van der Waals surface area contributed by atoms with Crippen molar-refractivity contribution in [2.24, 2.45) is 0 Å². The normalized spacial score (nSPS) is 11.7. The highest BCUT2D eigenvalue weighted by molar-refractivity contribution is 7.89. The van der Waals surface area contributed by atoms with E-state index in [-0.39, 0.29) is 17.2 Å². The number of nitrogens with one attached hydrogen (secondary N) is 1. The molecule has 2 N–H and O–H groups in total. The van der Waals surface area contributed by atoms with E-state index >= 15 is 0 Å². The van der Waals surface area contributed by atoms with Crippen LogP contribution in [-0.4, -0.2) is 13.5 Å². The maximum Gasteiger partial charge on any atom is 0.240 e. The molecule has 0 aliphatic carbocycles. The fourth-order valence-electron chi connectivity index (χ4n) is 1.61. The molecular formula is C13H15NO3S2. The standard InChI is InChI=1S/C13H15NO3S2/c1-9-7-12(18-10(9)2)8-14-19(16,17)13-5-3-11(15)4-6-13/h3-7,14-15H,8H2,1-2H3. The Morgan fingerprint density at radius 1 is 1.21 bits per heavy atom. The van der Waals surface area contributed by atoms with Crippen molar-refractivity contribution in [2.45, 2.75) is 25.3 Å². The van der Waals surface area contributed by atoms with Gasteiger partial charge in [-0.2, -0.15) is 0 Å². The Morgan fingerprint density at radius 2 is 1.84 bits per heavy atom. The Morgan fingerprint density at radius 3 is 2.37 bits per heavy atom. The molecule has 0 radical (unpaired) electrons. The van der Waals surface area contributed by atoms with Crippen LogP contribution in [0.15, 0.2) is 35.2 Å². The van der Waals surface area contributed by atoms with E-state index in [2.05, 4.69) is 4.72 Å². The summed E-state index contributed by atoms with van der Waals surface area (Å²) in [5.74, 6) is 0.0449. The number of phenols is 1. The summed E-state index contributed by atoms with van der Waals surface area (Å²) < 4.78 is 26.6. The molecule has 0 spiro atoms. The van der Waals surface area contributed by atoms with Gasteiger partial charge in [0.1, 0.15) is 5.75 Å². The van der Waals surface area contributed by atoms with E-state index in [4.69, 9.17) is 5.11 Å². The van der Waals surface area contributed by atoms with Crippen molar-refractivity contribution in [1.82, 2.24) is 4.72 Å². The Hall–Kier alpha value is -1.37. The molecule has 0 bridgehead atoms. The number of rotatable bonds is 4. The van der Waals surface area contributed by atoms with Crippen LogP contribution in [0.5, 0.6) is 5.75 Å². The molecule has 1 aromatic heterocycles. The second-order valence-corrected chi connectivity index (χ2v) is 7.38. The van der Waals surface area contributed by atoms with Crippen molar-refractivity contribution < 1.29 is 13.5 Å². The molecule has 0 amide bonds. The lowest BCUT2D eigenvalue weighted by molar-refractivity contribution is 0.474. The maximum absolute atomic E-state index is 12.0. The SMILES string of the molecule is Cc1cc(CNS(=O)(=O)c2ccc(O)cc2)sc1C. The quantitative estimate of drug-likeness (QED) is 0.911. The first-order chi connectivity index (χ1) is 8.88. The monoisotopic (exact) mass is 297 g/mol. The molecule has 4 nitrogen and oxygen atoms in total. The van der Waals surface area contributed by atoms with Gasteiger partial charge in [0.05, 0.1) is 4.90 Å². The zero-order chi connectivity index (χ0) is 14.0. The average Bonchev–Trinajstić information content (AvgIpc) is 2.67. The van der Waals surface area contributed by atoms with E-state index in [1.54, 1.807) is 11.3 Å². The molecule has 0 saturated heterocycles. The first-order valence-corrected chi connectivity index (χ1v) is 8.03. The number of aromatic hydroxyl groups is 1. The predicted octanol–water partition coefficient (Wildman–Crippen LogP) is 2.55. The second kappa shape index (κ2) is 5.32. The van der Waals surface area contributed by atoms with E-state index in [1.807, 2.05) is 19.9 Å². The zero-order valence-corrected chi connectivity index (χ0v) is 12.3. The molecule has 0 aliphatic rings. The lowest BCUT2D eigenvalue weighted by Crippen LogP contribution is -2.22. The van der Waals surface area contributed by atoms with Crippen LogP contribution in [0.4, 0.5) is 0 Å². The van der Waals surface area contributed by atoms with Gasteiger partial charge in [-0.3, -0.25) is 0 Å². The molecule has 2 aromatic rings. The van der Waals surface area contributed by atoms with E-state index < -0.39 is 10.0 Å². The number of phenolic OH excluding ortho intramolecular Hbond substituents is 1. The highest BCUT2D eigenvalue weighted by atomic mass is 32.2. The third kappa shape index (κ3) is 3.34. The fraction of sp³-hybridized carbons (Fsp3) is 0.231. The van der Waals surface area contributed by atoms with E-state index in [1.165, 1.54) is 34.7 Å². The summed E-state index contributed by atoms with van der Waals surface area (Å²) in [6.45, 7) is 4.30. The van der Waals surface area contributed by atoms with Crippen LogP contribution in [-0.2, 0) is 16.6 Å². The highest BCUT2D eigenvalue weighted by Crippen LogP contribution is 2.21. The Labute approximate surface area is 116 Å². The topological polar surface area (TPSA) is 66.4 Å². The first kappa shape index (κ1) is 14.0. The molecule has 0 atom stereocenters. The Balaban J connectivity index is 2.11. The second-order valence-electron chi connectivity index (χ2n) is 4.27. The van der Waals surface area contributed by atoms with Gasteiger partial charge in [-0.05, 0) is 49.7 Å². The van der Waals surface area contributed by atoms with Gasteiger partial charge < -0.3 is 5.11 Å². The lowest BCUT2D eigenvalue weighted by Gasteiger charge is -2.05. The summed E-state index contributed by atoms with van der Waals surface area (Å²) in [5.41, 5.74) is 1.17. The number of benzene rings is 1. The Kier molecular flexibility index (Phi) is 3.93. The van der Waals surface area contributed by atoms with Crippen molar-refractivity contribution in [3.8, 4) is 5.75 Å². The third-order valence-corrected chi connectivity index (χ3v) is 5.37. The zero-order valence-electron chi connectivity index (χ0n) is 10.7. The molecule has 0 aliphatic heterocycles. The third-order valence-electron chi connectivity index (χ3n) is 2.80. The van der Waals surface area contributed by atoms with Crippen LogP contribution in [0, 0.1) is 13.8 Å². The number of thiophene rings is 1. The molecule has 102 valence electrons. The minimum absolute atomic E-state index is 0.0449.